The van der Waals surface area contributed by atoms with E-state index in [1.165, 1.54) is 12.1 Å². The van der Waals surface area contributed by atoms with Crippen LogP contribution in [0.25, 0.3) is 0 Å². The molecule has 2 aliphatic rings. The molecule has 0 amide bonds. The number of fused-ring (bicyclic) bond motifs is 2. The number of rotatable bonds is 2. The second-order valence-electron chi connectivity index (χ2n) is 6.08. The number of hydrogen-bond donors (Lipinski definition) is 2. The number of halogens is 2. The van der Waals surface area contributed by atoms with E-state index in [1.807, 2.05) is 0 Å². The molecule has 0 bridgehead atoms. The average molecular weight is 408 g/mol. The molecule has 1 unspecified atom stereocenters. The van der Waals surface area contributed by atoms with E-state index in [2.05, 4.69) is 10.5 Å². The molecule has 0 radical (unpaired) electrons. The maximum Gasteiger partial charge on any atom is 0.189 e. The van der Waals surface area contributed by atoms with E-state index in [9.17, 15) is 4.39 Å². The van der Waals surface area contributed by atoms with Gasteiger partial charge in [-0.15, -0.1) is 0 Å². The third-order valence-electron chi connectivity index (χ3n) is 4.25. The fourth-order valence-corrected chi connectivity index (χ4v) is 3.46. The van der Waals surface area contributed by atoms with Crippen LogP contribution in [0.2, 0.25) is 5.02 Å². The summed E-state index contributed by atoms with van der Waals surface area (Å²) in [6, 6.07) is 7.85. The molecular formula is C18H15ClFN3O3S. The Hall–Kier alpha value is -2.42. The Balaban J connectivity index is 1.78. The molecular weight excluding hydrogens is 393 g/mol. The molecule has 0 fully saturated rings. The lowest BCUT2D eigenvalue weighted by Crippen LogP contribution is -2.29. The summed E-state index contributed by atoms with van der Waals surface area (Å²) >= 11 is 11.1. The van der Waals surface area contributed by atoms with Gasteiger partial charge in [0, 0.05) is 28.1 Å². The monoisotopic (exact) mass is 407 g/mol. The Kier molecular flexibility index (Phi) is 4.86. The Bertz CT molecular complexity index is 954. The van der Waals surface area contributed by atoms with Gasteiger partial charge < -0.3 is 19.9 Å². The third kappa shape index (κ3) is 3.69. The van der Waals surface area contributed by atoms with E-state index in [1.54, 1.807) is 18.2 Å². The Morgan fingerprint density at radius 2 is 2.19 bits per heavy atom. The summed E-state index contributed by atoms with van der Waals surface area (Å²) in [6.07, 6.45) is -0.0799. The number of nitrogens with zero attached hydrogens (tertiary/aromatic N) is 1. The second-order valence-corrected chi connectivity index (χ2v) is 6.96. The quantitative estimate of drug-likeness (QED) is 0.586. The maximum atomic E-state index is 13.7. The van der Waals surface area contributed by atoms with E-state index < -0.39 is 6.10 Å². The van der Waals surface area contributed by atoms with Crippen molar-refractivity contribution in [2.75, 3.05) is 6.79 Å². The Labute approximate surface area is 165 Å². The minimum Gasteiger partial charge on any atom is -0.484 e. The minimum absolute atomic E-state index is 0.0177. The first-order chi connectivity index (χ1) is 13.0. The van der Waals surface area contributed by atoms with Crippen molar-refractivity contribution >= 4 is 34.6 Å². The Morgan fingerprint density at radius 1 is 1.33 bits per heavy atom. The topological polar surface area (TPSA) is 78.1 Å². The summed E-state index contributed by atoms with van der Waals surface area (Å²) in [6.45, 7) is 0.557. The molecule has 4 rings (SSSR count). The van der Waals surface area contributed by atoms with E-state index in [4.69, 9.17) is 43.8 Å². The average Bonchev–Trinajstić information content (AvgIpc) is 2.65. The van der Waals surface area contributed by atoms with Gasteiger partial charge in [0.25, 0.3) is 0 Å². The van der Waals surface area contributed by atoms with Gasteiger partial charge >= 0.3 is 0 Å². The van der Waals surface area contributed by atoms with Crippen LogP contribution in [-0.4, -0.2) is 17.6 Å². The summed E-state index contributed by atoms with van der Waals surface area (Å²) in [5.74, 6) is 0.791. The van der Waals surface area contributed by atoms with Gasteiger partial charge in [0.2, 0.25) is 0 Å². The number of ether oxygens (including phenoxy) is 3. The molecule has 6 nitrogen and oxygen atoms in total. The van der Waals surface area contributed by atoms with Gasteiger partial charge in [-0.1, -0.05) is 11.6 Å². The van der Waals surface area contributed by atoms with Crippen molar-refractivity contribution in [1.29, 1.82) is 0 Å². The number of hydrazone groups is 1. The molecule has 0 saturated carbocycles. The highest BCUT2D eigenvalue weighted by atomic mass is 35.5. The van der Waals surface area contributed by atoms with Crippen LogP contribution in [0.1, 0.15) is 29.2 Å². The number of nitrogens with one attached hydrogen (secondary N) is 1. The van der Waals surface area contributed by atoms with Gasteiger partial charge in [-0.2, -0.15) is 5.10 Å². The highest BCUT2D eigenvalue weighted by molar-refractivity contribution is 7.80. The third-order valence-corrected chi connectivity index (χ3v) is 4.56. The van der Waals surface area contributed by atoms with E-state index in [-0.39, 0.29) is 17.7 Å². The highest BCUT2D eigenvalue weighted by Gasteiger charge is 2.31. The summed E-state index contributed by atoms with van der Waals surface area (Å²) in [5.41, 5.74) is 10.8. The van der Waals surface area contributed by atoms with Crippen molar-refractivity contribution in [3.05, 3.63) is 57.9 Å². The van der Waals surface area contributed by atoms with Gasteiger partial charge in [-0.3, -0.25) is 5.43 Å². The van der Waals surface area contributed by atoms with Crippen LogP contribution in [0.4, 0.5) is 4.39 Å². The van der Waals surface area contributed by atoms with Crippen LogP contribution in [0.3, 0.4) is 0 Å². The van der Waals surface area contributed by atoms with Crippen LogP contribution in [0.15, 0.2) is 35.4 Å². The summed E-state index contributed by atoms with van der Waals surface area (Å²) < 4.78 is 30.9. The van der Waals surface area contributed by atoms with Crippen LogP contribution >= 0.6 is 23.8 Å². The zero-order valence-corrected chi connectivity index (χ0v) is 15.6. The first-order valence-electron chi connectivity index (χ1n) is 8.12. The fraction of sp³-hybridized carbons (Fsp3) is 0.222. The van der Waals surface area contributed by atoms with Crippen molar-refractivity contribution in [2.45, 2.75) is 19.1 Å². The SMILES string of the molecule is NC(=S)N/N=C1\CC(c2cc(Cl)cc3c2OCOC3)Oc2ccc(F)cc21. The smallest absolute Gasteiger partial charge is 0.189 e. The van der Waals surface area contributed by atoms with E-state index in [0.717, 1.165) is 11.1 Å². The van der Waals surface area contributed by atoms with E-state index in [0.29, 0.717) is 40.8 Å². The summed E-state index contributed by atoms with van der Waals surface area (Å²) in [4.78, 5) is 0. The molecule has 140 valence electrons. The second kappa shape index (κ2) is 7.30. The van der Waals surface area contributed by atoms with Gasteiger partial charge in [0.1, 0.15) is 23.4 Å². The molecule has 1 atom stereocenters. The summed E-state index contributed by atoms with van der Waals surface area (Å²) in [5, 5.41) is 4.80. The van der Waals surface area contributed by atoms with Crippen molar-refractivity contribution < 1.29 is 18.6 Å². The summed E-state index contributed by atoms with van der Waals surface area (Å²) in [7, 11) is 0. The molecule has 2 aliphatic heterocycles. The Morgan fingerprint density at radius 3 is 3.00 bits per heavy atom. The fourth-order valence-electron chi connectivity index (χ4n) is 3.16. The van der Waals surface area contributed by atoms with Crippen LogP contribution < -0.4 is 20.6 Å². The van der Waals surface area contributed by atoms with Crippen LogP contribution in [0, 0.1) is 5.82 Å². The van der Waals surface area contributed by atoms with Gasteiger partial charge in [0.05, 0.1) is 12.3 Å². The number of thiocarbonyl (C=S) groups is 1. The molecule has 27 heavy (non-hydrogen) atoms. The molecule has 0 saturated heterocycles. The zero-order valence-electron chi connectivity index (χ0n) is 14.0. The lowest BCUT2D eigenvalue weighted by atomic mass is 9.93. The van der Waals surface area contributed by atoms with Gasteiger partial charge in [-0.25, -0.2) is 4.39 Å². The van der Waals surface area contributed by atoms with E-state index >= 15 is 0 Å². The molecule has 3 N–H and O–H groups in total. The van der Waals surface area contributed by atoms with Crippen molar-refractivity contribution in [2.24, 2.45) is 10.8 Å². The lowest BCUT2D eigenvalue weighted by Gasteiger charge is -2.30. The van der Waals surface area contributed by atoms with Crippen molar-refractivity contribution in [1.82, 2.24) is 5.43 Å². The van der Waals surface area contributed by atoms with Crippen LogP contribution in [-0.2, 0) is 11.3 Å². The largest absolute Gasteiger partial charge is 0.484 e. The van der Waals surface area contributed by atoms with Gasteiger partial charge in [0.15, 0.2) is 11.9 Å². The normalized spacial score (nSPS) is 19.5. The maximum absolute atomic E-state index is 13.7. The molecule has 0 spiro atoms. The minimum atomic E-state index is -0.430. The molecule has 2 heterocycles. The first kappa shape index (κ1) is 18.0. The highest BCUT2D eigenvalue weighted by Crippen LogP contribution is 2.42. The molecule has 0 aromatic heterocycles. The molecule has 2 aromatic rings. The number of hydrogen-bond acceptors (Lipinski definition) is 5. The lowest BCUT2D eigenvalue weighted by molar-refractivity contribution is -0.0182. The molecule has 2 aromatic carbocycles. The van der Waals surface area contributed by atoms with Gasteiger partial charge in [-0.05, 0) is 42.5 Å². The molecule has 9 heteroatoms. The predicted molar refractivity (Wildman–Crippen MR) is 103 cm³/mol. The first-order valence-corrected chi connectivity index (χ1v) is 8.91. The van der Waals surface area contributed by atoms with Crippen molar-refractivity contribution in [3.8, 4) is 11.5 Å². The number of benzene rings is 2. The van der Waals surface area contributed by atoms with Crippen molar-refractivity contribution in [3.63, 3.8) is 0 Å². The van der Waals surface area contributed by atoms with Crippen LogP contribution in [0.5, 0.6) is 11.5 Å². The zero-order chi connectivity index (χ0) is 19.0. The molecule has 0 aliphatic carbocycles. The number of nitrogens with two attached hydrogens (primary N) is 1. The predicted octanol–water partition coefficient (Wildman–Crippen LogP) is 3.41. The standard InChI is InChI=1S/C18H15ClFN3O3S/c19-10-3-9-7-24-8-25-17(9)13(4-10)16-6-14(22-23-18(21)27)12-5-11(20)1-2-15(12)26-16/h1-5,16H,6-8H2,(H3,21,23,27)/b22-14+.